The van der Waals surface area contributed by atoms with Crippen molar-refractivity contribution in [2.45, 2.75) is 13.0 Å². The molecular weight excluding hydrogens is 200 g/mol. The zero-order valence-corrected chi connectivity index (χ0v) is 9.31. The van der Waals surface area contributed by atoms with E-state index in [9.17, 15) is 0 Å². The summed E-state index contributed by atoms with van der Waals surface area (Å²) in [5, 5.41) is 3.34. The molecule has 0 saturated carbocycles. The van der Waals surface area contributed by atoms with Crippen LogP contribution in [0.4, 0.5) is 5.69 Å². The van der Waals surface area contributed by atoms with E-state index < -0.39 is 0 Å². The largest absolute Gasteiger partial charge is 0.467 e. The van der Waals surface area contributed by atoms with Gasteiger partial charge in [-0.1, -0.05) is 17.7 Å². The van der Waals surface area contributed by atoms with Crippen molar-refractivity contribution in [3.63, 3.8) is 0 Å². The molecule has 0 aliphatic heterocycles. The van der Waals surface area contributed by atoms with Crippen LogP contribution < -0.4 is 11.1 Å². The van der Waals surface area contributed by atoms with E-state index in [2.05, 4.69) is 24.4 Å². The van der Waals surface area contributed by atoms with Crippen LogP contribution in [-0.2, 0) is 0 Å². The average Bonchev–Trinajstić information content (AvgIpc) is 2.82. The fourth-order valence-corrected chi connectivity index (χ4v) is 1.59. The number of nitrogens with two attached hydrogens (primary N) is 1. The molecule has 0 spiro atoms. The first-order valence-electron chi connectivity index (χ1n) is 5.36. The van der Waals surface area contributed by atoms with E-state index in [-0.39, 0.29) is 6.04 Å². The number of aryl methyl sites for hydroxylation is 1. The Bertz CT molecular complexity index is 420. The molecule has 2 rings (SSSR count). The van der Waals surface area contributed by atoms with E-state index in [1.54, 1.807) is 6.26 Å². The Morgan fingerprint density at radius 2 is 2.00 bits per heavy atom. The van der Waals surface area contributed by atoms with Gasteiger partial charge in [0, 0.05) is 12.2 Å². The molecule has 0 radical (unpaired) electrons. The Morgan fingerprint density at radius 3 is 2.56 bits per heavy atom. The van der Waals surface area contributed by atoms with Crippen molar-refractivity contribution in [1.29, 1.82) is 0 Å². The molecule has 3 N–H and O–H groups in total. The van der Waals surface area contributed by atoms with E-state index in [0.717, 1.165) is 11.4 Å². The summed E-state index contributed by atoms with van der Waals surface area (Å²) in [6.07, 6.45) is 1.66. The van der Waals surface area contributed by atoms with Gasteiger partial charge in [0.1, 0.15) is 5.76 Å². The molecule has 0 aliphatic carbocycles. The third kappa shape index (κ3) is 2.44. The number of hydrogen-bond acceptors (Lipinski definition) is 3. The van der Waals surface area contributed by atoms with Crippen LogP contribution >= 0.6 is 0 Å². The minimum absolute atomic E-state index is 0.0257. The number of nitrogens with one attached hydrogen (secondary N) is 1. The Balaban J connectivity index is 2.10. The lowest BCUT2D eigenvalue weighted by Crippen LogP contribution is -2.19. The fourth-order valence-electron chi connectivity index (χ4n) is 1.59. The van der Waals surface area contributed by atoms with Crippen LogP contribution in [0, 0.1) is 6.92 Å². The van der Waals surface area contributed by atoms with E-state index in [1.165, 1.54) is 5.56 Å². The molecule has 0 bridgehead atoms. The van der Waals surface area contributed by atoms with E-state index in [0.29, 0.717) is 6.54 Å². The molecule has 1 aromatic heterocycles. The first-order chi connectivity index (χ1) is 7.79. The second-order valence-electron chi connectivity index (χ2n) is 3.81. The molecule has 84 valence electrons. The summed E-state index contributed by atoms with van der Waals surface area (Å²) < 4.78 is 5.34. The standard InChI is InChI=1S/C13H16N2O/c1-10-4-6-11(7-5-10)15-12(9-14)13-3-2-8-16-13/h2-8,12,15H,9,14H2,1H3. The molecule has 3 nitrogen and oxygen atoms in total. The van der Waals surface area contributed by atoms with Gasteiger partial charge in [-0.2, -0.15) is 0 Å². The summed E-state index contributed by atoms with van der Waals surface area (Å²) in [5.41, 5.74) is 8.02. The highest BCUT2D eigenvalue weighted by Gasteiger charge is 2.11. The lowest BCUT2D eigenvalue weighted by atomic mass is 10.2. The van der Waals surface area contributed by atoms with Gasteiger partial charge < -0.3 is 15.5 Å². The van der Waals surface area contributed by atoms with Gasteiger partial charge in [-0.05, 0) is 31.2 Å². The first-order valence-corrected chi connectivity index (χ1v) is 5.36. The van der Waals surface area contributed by atoms with Gasteiger partial charge in [-0.3, -0.25) is 0 Å². The maximum absolute atomic E-state index is 5.72. The summed E-state index contributed by atoms with van der Waals surface area (Å²) in [5.74, 6) is 0.864. The lowest BCUT2D eigenvalue weighted by molar-refractivity contribution is 0.482. The number of benzene rings is 1. The summed E-state index contributed by atoms with van der Waals surface area (Å²) in [6.45, 7) is 2.57. The smallest absolute Gasteiger partial charge is 0.127 e. The molecule has 0 saturated heterocycles. The normalized spacial score (nSPS) is 12.4. The molecular formula is C13H16N2O. The predicted octanol–water partition coefficient (Wildman–Crippen LogP) is 2.70. The zero-order valence-electron chi connectivity index (χ0n) is 9.31. The fraction of sp³-hybridized carbons (Fsp3) is 0.231. The molecule has 1 aromatic carbocycles. The topological polar surface area (TPSA) is 51.2 Å². The third-order valence-corrected chi connectivity index (χ3v) is 2.51. The summed E-state index contributed by atoms with van der Waals surface area (Å²) >= 11 is 0. The molecule has 16 heavy (non-hydrogen) atoms. The van der Waals surface area contributed by atoms with Crippen molar-refractivity contribution >= 4 is 5.69 Å². The highest BCUT2D eigenvalue weighted by molar-refractivity contribution is 5.46. The van der Waals surface area contributed by atoms with Crippen molar-refractivity contribution < 1.29 is 4.42 Å². The van der Waals surface area contributed by atoms with Crippen molar-refractivity contribution in [3.05, 3.63) is 54.0 Å². The average molecular weight is 216 g/mol. The Morgan fingerprint density at radius 1 is 1.25 bits per heavy atom. The van der Waals surface area contributed by atoms with E-state index in [4.69, 9.17) is 10.2 Å². The van der Waals surface area contributed by atoms with Crippen molar-refractivity contribution in [2.75, 3.05) is 11.9 Å². The van der Waals surface area contributed by atoms with Crippen molar-refractivity contribution in [3.8, 4) is 0 Å². The van der Waals surface area contributed by atoms with Crippen LogP contribution in [0.1, 0.15) is 17.4 Å². The van der Waals surface area contributed by atoms with Crippen LogP contribution in [0.2, 0.25) is 0 Å². The Kier molecular flexibility index (Phi) is 3.27. The van der Waals surface area contributed by atoms with Crippen molar-refractivity contribution in [1.82, 2.24) is 0 Å². The van der Waals surface area contributed by atoms with Crippen LogP contribution in [0.25, 0.3) is 0 Å². The SMILES string of the molecule is Cc1ccc(NC(CN)c2ccco2)cc1. The minimum Gasteiger partial charge on any atom is -0.467 e. The van der Waals surface area contributed by atoms with Gasteiger partial charge in [-0.25, -0.2) is 0 Å². The van der Waals surface area contributed by atoms with Crippen molar-refractivity contribution in [2.24, 2.45) is 5.73 Å². The molecule has 2 aromatic rings. The molecule has 3 heteroatoms. The number of furan rings is 1. The van der Waals surface area contributed by atoms with Crippen LogP contribution in [0.3, 0.4) is 0 Å². The van der Waals surface area contributed by atoms with E-state index in [1.807, 2.05) is 24.3 Å². The first kappa shape index (κ1) is 10.8. The second-order valence-corrected chi connectivity index (χ2v) is 3.81. The highest BCUT2D eigenvalue weighted by Crippen LogP contribution is 2.19. The number of hydrogen-bond donors (Lipinski definition) is 2. The van der Waals surface area contributed by atoms with Crippen LogP contribution in [0.5, 0.6) is 0 Å². The summed E-state index contributed by atoms with van der Waals surface area (Å²) in [4.78, 5) is 0. The molecule has 0 amide bonds. The Labute approximate surface area is 95.3 Å². The van der Waals surface area contributed by atoms with Gasteiger partial charge >= 0.3 is 0 Å². The Hall–Kier alpha value is -1.74. The predicted molar refractivity (Wildman–Crippen MR) is 65.3 cm³/mol. The number of anilines is 1. The van der Waals surface area contributed by atoms with Gasteiger partial charge in [0.2, 0.25) is 0 Å². The van der Waals surface area contributed by atoms with Gasteiger partial charge in [-0.15, -0.1) is 0 Å². The van der Waals surface area contributed by atoms with Gasteiger partial charge in [0.05, 0.1) is 12.3 Å². The molecule has 1 heterocycles. The number of rotatable bonds is 4. The quantitative estimate of drug-likeness (QED) is 0.826. The summed E-state index contributed by atoms with van der Waals surface area (Å²) in [7, 11) is 0. The molecule has 1 atom stereocenters. The highest BCUT2D eigenvalue weighted by atomic mass is 16.3. The zero-order chi connectivity index (χ0) is 11.4. The molecule has 1 unspecified atom stereocenters. The van der Waals surface area contributed by atoms with Crippen LogP contribution in [-0.4, -0.2) is 6.54 Å². The third-order valence-electron chi connectivity index (χ3n) is 2.51. The molecule has 0 aliphatic rings. The summed E-state index contributed by atoms with van der Waals surface area (Å²) in [6, 6.07) is 12.0. The maximum atomic E-state index is 5.72. The maximum Gasteiger partial charge on any atom is 0.127 e. The second kappa shape index (κ2) is 4.86. The van der Waals surface area contributed by atoms with Gasteiger partial charge in [0.25, 0.3) is 0 Å². The lowest BCUT2D eigenvalue weighted by Gasteiger charge is -2.15. The molecule has 0 fully saturated rings. The van der Waals surface area contributed by atoms with Gasteiger partial charge in [0.15, 0.2) is 0 Å². The van der Waals surface area contributed by atoms with E-state index >= 15 is 0 Å². The minimum atomic E-state index is 0.0257. The monoisotopic (exact) mass is 216 g/mol. The van der Waals surface area contributed by atoms with Crippen LogP contribution in [0.15, 0.2) is 47.1 Å².